The van der Waals surface area contributed by atoms with Crippen LogP contribution in [0.5, 0.6) is 0 Å². The van der Waals surface area contributed by atoms with Crippen molar-refractivity contribution in [3.8, 4) is 0 Å². The number of hydrogen-bond acceptors (Lipinski definition) is 2. The Balaban J connectivity index is 2.14. The van der Waals surface area contributed by atoms with E-state index in [1.54, 1.807) is 0 Å². The molecule has 0 aliphatic heterocycles. The van der Waals surface area contributed by atoms with Gasteiger partial charge in [-0.25, -0.2) is 0 Å². The summed E-state index contributed by atoms with van der Waals surface area (Å²) < 4.78 is 2.04. The van der Waals surface area contributed by atoms with Crippen molar-refractivity contribution >= 4 is 0 Å². The third-order valence-corrected chi connectivity index (χ3v) is 3.59. The summed E-state index contributed by atoms with van der Waals surface area (Å²) in [6, 6.07) is 13.1. The van der Waals surface area contributed by atoms with Crippen molar-refractivity contribution in [2.24, 2.45) is 5.41 Å². The molecule has 3 heteroatoms. The first-order valence-corrected chi connectivity index (χ1v) is 7.31. The fourth-order valence-electron chi connectivity index (χ4n) is 2.57. The minimum absolute atomic E-state index is 0.165. The zero-order valence-electron chi connectivity index (χ0n) is 12.9. The second-order valence-corrected chi connectivity index (χ2v) is 6.23. The lowest BCUT2D eigenvalue weighted by atomic mass is 9.82. The van der Waals surface area contributed by atoms with Gasteiger partial charge in [-0.05, 0) is 24.0 Å². The van der Waals surface area contributed by atoms with Gasteiger partial charge in [-0.1, -0.05) is 51.1 Å². The lowest BCUT2D eigenvalue weighted by Gasteiger charge is -2.32. The van der Waals surface area contributed by atoms with E-state index < -0.39 is 0 Å². The van der Waals surface area contributed by atoms with E-state index in [0.29, 0.717) is 6.04 Å². The topological polar surface area (TPSA) is 29.9 Å². The van der Waals surface area contributed by atoms with Crippen LogP contribution in [0.2, 0.25) is 0 Å². The van der Waals surface area contributed by atoms with Gasteiger partial charge in [0.1, 0.15) is 0 Å². The molecule has 1 heterocycles. The van der Waals surface area contributed by atoms with Gasteiger partial charge in [-0.2, -0.15) is 5.10 Å². The second kappa shape index (κ2) is 6.23. The predicted molar refractivity (Wildman–Crippen MR) is 83.4 cm³/mol. The van der Waals surface area contributed by atoms with Crippen LogP contribution in [-0.2, 0) is 13.1 Å². The molecule has 1 aromatic carbocycles. The summed E-state index contributed by atoms with van der Waals surface area (Å²) in [6.07, 6.45) is 1.87. The van der Waals surface area contributed by atoms with Gasteiger partial charge in [0, 0.05) is 25.3 Å². The minimum Gasteiger partial charge on any atom is -0.304 e. The minimum atomic E-state index is 0.165. The summed E-state index contributed by atoms with van der Waals surface area (Å²) in [7, 11) is 0. The Labute approximate surface area is 122 Å². The van der Waals surface area contributed by atoms with Crippen molar-refractivity contribution in [3.63, 3.8) is 0 Å². The van der Waals surface area contributed by atoms with Crippen molar-refractivity contribution < 1.29 is 0 Å². The molecular formula is C17H25N3. The van der Waals surface area contributed by atoms with Gasteiger partial charge in [0.05, 0.1) is 5.69 Å². The van der Waals surface area contributed by atoms with Gasteiger partial charge in [-0.15, -0.1) is 0 Å². The molecule has 0 radical (unpaired) electrons. The Morgan fingerprint density at radius 1 is 1.15 bits per heavy atom. The van der Waals surface area contributed by atoms with Crippen LogP contribution in [0.4, 0.5) is 0 Å². The molecule has 0 aliphatic carbocycles. The number of nitrogens with one attached hydrogen (secondary N) is 1. The van der Waals surface area contributed by atoms with Crippen molar-refractivity contribution in [2.45, 2.75) is 46.8 Å². The molecule has 0 saturated heterocycles. The molecule has 1 atom stereocenters. The molecule has 108 valence electrons. The zero-order chi connectivity index (χ0) is 14.6. The highest BCUT2D eigenvalue weighted by Crippen LogP contribution is 2.32. The van der Waals surface area contributed by atoms with Crippen LogP contribution in [0, 0.1) is 5.41 Å². The molecule has 0 saturated carbocycles. The van der Waals surface area contributed by atoms with Gasteiger partial charge >= 0.3 is 0 Å². The molecule has 0 fully saturated rings. The summed E-state index contributed by atoms with van der Waals surface area (Å²) in [5, 5.41) is 8.02. The average Bonchev–Trinajstić information content (AvgIpc) is 2.86. The molecule has 0 spiro atoms. The smallest absolute Gasteiger partial charge is 0.0522 e. The molecule has 3 nitrogen and oxygen atoms in total. The van der Waals surface area contributed by atoms with Gasteiger partial charge in [0.25, 0.3) is 0 Å². The highest BCUT2D eigenvalue weighted by Gasteiger charge is 2.25. The van der Waals surface area contributed by atoms with Crippen molar-refractivity contribution in [1.82, 2.24) is 15.1 Å². The molecule has 1 N–H and O–H groups in total. The zero-order valence-corrected chi connectivity index (χ0v) is 12.9. The van der Waals surface area contributed by atoms with Crippen LogP contribution in [0.1, 0.15) is 45.0 Å². The number of aryl methyl sites for hydroxylation is 1. The number of rotatable bonds is 5. The van der Waals surface area contributed by atoms with Crippen molar-refractivity contribution in [2.75, 3.05) is 0 Å². The first kappa shape index (κ1) is 14.8. The lowest BCUT2D eigenvalue weighted by Crippen LogP contribution is -2.32. The second-order valence-electron chi connectivity index (χ2n) is 6.23. The quantitative estimate of drug-likeness (QED) is 0.897. The highest BCUT2D eigenvalue weighted by atomic mass is 15.3. The highest BCUT2D eigenvalue weighted by molar-refractivity contribution is 5.21. The van der Waals surface area contributed by atoms with Gasteiger partial charge < -0.3 is 5.32 Å². The Morgan fingerprint density at radius 3 is 2.45 bits per heavy atom. The maximum absolute atomic E-state index is 4.32. The number of hydrogen-bond donors (Lipinski definition) is 1. The molecule has 0 aliphatic rings. The molecule has 2 aromatic rings. The average molecular weight is 271 g/mol. The maximum Gasteiger partial charge on any atom is 0.0522 e. The van der Waals surface area contributed by atoms with E-state index in [-0.39, 0.29) is 5.41 Å². The van der Waals surface area contributed by atoms with E-state index in [2.05, 4.69) is 74.5 Å². The summed E-state index contributed by atoms with van der Waals surface area (Å²) in [6.45, 7) is 10.7. The van der Waals surface area contributed by atoms with Crippen molar-refractivity contribution in [3.05, 3.63) is 53.9 Å². The molecular weight excluding hydrogens is 246 g/mol. The largest absolute Gasteiger partial charge is 0.304 e. The van der Waals surface area contributed by atoms with E-state index in [9.17, 15) is 0 Å². The fourth-order valence-corrected chi connectivity index (χ4v) is 2.57. The van der Waals surface area contributed by atoms with Crippen LogP contribution < -0.4 is 5.32 Å². The van der Waals surface area contributed by atoms with Gasteiger partial charge in [0.15, 0.2) is 0 Å². The Kier molecular flexibility index (Phi) is 4.61. The van der Waals surface area contributed by atoms with E-state index in [1.165, 1.54) is 11.3 Å². The Bertz CT molecular complexity index is 523. The monoisotopic (exact) mass is 271 g/mol. The third kappa shape index (κ3) is 3.48. The first-order valence-electron chi connectivity index (χ1n) is 7.31. The van der Waals surface area contributed by atoms with Crippen LogP contribution in [0.15, 0.2) is 42.6 Å². The molecule has 0 amide bonds. The third-order valence-electron chi connectivity index (χ3n) is 3.59. The standard InChI is InChI=1S/C17H25N3/c1-5-20-15(11-12-19-20)13-18-16(17(2,3)4)14-9-7-6-8-10-14/h6-12,16,18H,5,13H2,1-4H3. The van der Waals surface area contributed by atoms with E-state index >= 15 is 0 Å². The normalized spacial score (nSPS) is 13.4. The van der Waals surface area contributed by atoms with Crippen LogP contribution >= 0.6 is 0 Å². The van der Waals surface area contributed by atoms with Crippen LogP contribution in [0.3, 0.4) is 0 Å². The van der Waals surface area contributed by atoms with E-state index in [1.807, 2.05) is 10.9 Å². The number of aromatic nitrogens is 2. The van der Waals surface area contributed by atoms with Gasteiger partial charge in [0.2, 0.25) is 0 Å². The molecule has 2 rings (SSSR count). The Morgan fingerprint density at radius 2 is 1.85 bits per heavy atom. The van der Waals surface area contributed by atoms with Crippen molar-refractivity contribution in [1.29, 1.82) is 0 Å². The summed E-state index contributed by atoms with van der Waals surface area (Å²) in [5.41, 5.74) is 2.73. The van der Waals surface area contributed by atoms with Crippen LogP contribution in [-0.4, -0.2) is 9.78 Å². The van der Waals surface area contributed by atoms with Gasteiger partial charge in [-0.3, -0.25) is 4.68 Å². The maximum atomic E-state index is 4.32. The lowest BCUT2D eigenvalue weighted by molar-refractivity contribution is 0.269. The Hall–Kier alpha value is -1.61. The fraction of sp³-hybridized carbons (Fsp3) is 0.471. The number of nitrogens with zero attached hydrogens (tertiary/aromatic N) is 2. The first-order chi connectivity index (χ1) is 9.52. The van der Waals surface area contributed by atoms with E-state index in [0.717, 1.165) is 13.1 Å². The summed E-state index contributed by atoms with van der Waals surface area (Å²) >= 11 is 0. The number of benzene rings is 1. The summed E-state index contributed by atoms with van der Waals surface area (Å²) in [5.74, 6) is 0. The van der Waals surface area contributed by atoms with Crippen LogP contribution in [0.25, 0.3) is 0 Å². The molecule has 20 heavy (non-hydrogen) atoms. The van der Waals surface area contributed by atoms with E-state index in [4.69, 9.17) is 0 Å². The summed E-state index contributed by atoms with van der Waals surface area (Å²) in [4.78, 5) is 0. The molecule has 0 bridgehead atoms. The predicted octanol–water partition coefficient (Wildman–Crippen LogP) is 3.78. The molecule has 1 aromatic heterocycles. The SMILES string of the molecule is CCn1nccc1CNC(c1ccccc1)C(C)(C)C. The molecule has 1 unspecified atom stereocenters.